The van der Waals surface area contributed by atoms with Gasteiger partial charge in [-0.3, -0.25) is 9.59 Å². The van der Waals surface area contributed by atoms with Gasteiger partial charge in [-0.15, -0.1) is 0 Å². The summed E-state index contributed by atoms with van der Waals surface area (Å²) < 4.78 is 12.0. The molecule has 3 aromatic carbocycles. The molecule has 0 aromatic heterocycles. The van der Waals surface area contributed by atoms with Gasteiger partial charge in [0.05, 0.1) is 18.2 Å². The molecule has 41 heavy (non-hydrogen) atoms. The van der Waals surface area contributed by atoms with E-state index in [-0.39, 0.29) is 11.3 Å². The monoisotopic (exact) mass is 556 g/mol. The SMILES string of the molecule is CCOc1cc(C2/C(=C(\O)c3ccc(C)cc3)C(=O)C(=O)N2CCCN(CC)CC)ccc1OCc1ccccc1. The molecule has 0 radical (unpaired) electrons. The fourth-order valence-corrected chi connectivity index (χ4v) is 5.15. The standard InChI is InChI=1S/C34H40N2O5/c1-5-35(6-2)20-11-21-36-31(30(33(38)34(36)39)32(37)26-16-14-24(4)15-17-26)27-18-19-28(29(22-27)40-7-3)41-23-25-12-9-8-10-13-25/h8-10,12-19,22,31,37H,5-7,11,20-21,23H2,1-4H3/b32-30+. The highest BCUT2D eigenvalue weighted by atomic mass is 16.5. The van der Waals surface area contributed by atoms with Crippen LogP contribution < -0.4 is 9.47 Å². The van der Waals surface area contributed by atoms with Crippen molar-refractivity contribution < 1.29 is 24.2 Å². The maximum Gasteiger partial charge on any atom is 0.295 e. The van der Waals surface area contributed by atoms with E-state index in [1.54, 1.807) is 17.0 Å². The van der Waals surface area contributed by atoms with E-state index in [0.29, 0.717) is 48.8 Å². The van der Waals surface area contributed by atoms with Crippen LogP contribution >= 0.6 is 0 Å². The number of rotatable bonds is 13. The molecule has 0 saturated carbocycles. The lowest BCUT2D eigenvalue weighted by atomic mass is 9.94. The van der Waals surface area contributed by atoms with Crippen LogP contribution in [0.25, 0.3) is 5.76 Å². The first-order chi connectivity index (χ1) is 19.9. The molecule has 1 heterocycles. The number of ether oxygens (including phenoxy) is 2. The molecular weight excluding hydrogens is 516 g/mol. The van der Waals surface area contributed by atoms with Gasteiger partial charge in [-0.05, 0) is 63.2 Å². The van der Waals surface area contributed by atoms with Crippen LogP contribution in [0.15, 0.2) is 78.4 Å². The van der Waals surface area contributed by atoms with Gasteiger partial charge < -0.3 is 24.4 Å². The molecular formula is C34H40N2O5. The highest BCUT2D eigenvalue weighted by Gasteiger charge is 2.46. The number of carbonyl (C=O) groups is 2. The number of ketones is 1. The third-order valence-electron chi connectivity index (χ3n) is 7.45. The van der Waals surface area contributed by atoms with Crippen molar-refractivity contribution in [2.45, 2.75) is 46.8 Å². The molecule has 1 aliphatic heterocycles. The number of hydrogen-bond donors (Lipinski definition) is 1. The van der Waals surface area contributed by atoms with Crippen LogP contribution in [0, 0.1) is 6.92 Å². The Morgan fingerprint density at radius 2 is 1.61 bits per heavy atom. The Labute approximate surface area is 243 Å². The second-order valence-corrected chi connectivity index (χ2v) is 10.2. The van der Waals surface area contributed by atoms with Gasteiger partial charge in [-0.1, -0.05) is 80.1 Å². The lowest BCUT2D eigenvalue weighted by molar-refractivity contribution is -0.140. The predicted octanol–water partition coefficient (Wildman–Crippen LogP) is 6.13. The summed E-state index contributed by atoms with van der Waals surface area (Å²) in [4.78, 5) is 30.7. The van der Waals surface area contributed by atoms with Gasteiger partial charge in [0.2, 0.25) is 0 Å². The fourth-order valence-electron chi connectivity index (χ4n) is 5.15. The summed E-state index contributed by atoms with van der Waals surface area (Å²) in [6, 6.07) is 21.9. The van der Waals surface area contributed by atoms with E-state index < -0.39 is 17.7 Å². The summed E-state index contributed by atoms with van der Waals surface area (Å²) in [5, 5.41) is 11.4. The Morgan fingerprint density at radius 1 is 0.902 bits per heavy atom. The molecule has 7 heteroatoms. The van der Waals surface area contributed by atoms with E-state index >= 15 is 0 Å². The number of hydrogen-bond acceptors (Lipinski definition) is 6. The lowest BCUT2D eigenvalue weighted by Crippen LogP contribution is -2.33. The van der Waals surface area contributed by atoms with Crippen molar-refractivity contribution in [2.75, 3.05) is 32.8 Å². The smallest absolute Gasteiger partial charge is 0.295 e. The van der Waals surface area contributed by atoms with Gasteiger partial charge in [-0.2, -0.15) is 0 Å². The second kappa shape index (κ2) is 14.0. The Kier molecular flexibility index (Phi) is 10.2. The first-order valence-electron chi connectivity index (χ1n) is 14.4. The Balaban J connectivity index is 1.73. The molecule has 7 nitrogen and oxygen atoms in total. The highest BCUT2D eigenvalue weighted by Crippen LogP contribution is 2.42. The molecule has 3 aromatic rings. The molecule has 1 fully saturated rings. The predicted molar refractivity (Wildman–Crippen MR) is 161 cm³/mol. The minimum Gasteiger partial charge on any atom is -0.507 e. The summed E-state index contributed by atoms with van der Waals surface area (Å²) in [6.45, 7) is 11.9. The normalized spacial score (nSPS) is 16.4. The van der Waals surface area contributed by atoms with Crippen LogP contribution in [0.3, 0.4) is 0 Å². The number of nitrogens with zero attached hydrogens (tertiary/aromatic N) is 2. The number of benzene rings is 3. The van der Waals surface area contributed by atoms with E-state index in [1.807, 2.05) is 74.5 Å². The van der Waals surface area contributed by atoms with Crippen molar-refractivity contribution in [3.63, 3.8) is 0 Å². The number of aliphatic hydroxyl groups excluding tert-OH is 1. The molecule has 1 amide bonds. The van der Waals surface area contributed by atoms with Crippen molar-refractivity contribution in [3.8, 4) is 11.5 Å². The lowest BCUT2D eigenvalue weighted by Gasteiger charge is -2.27. The number of carbonyl (C=O) groups excluding carboxylic acids is 2. The van der Waals surface area contributed by atoms with E-state index in [9.17, 15) is 14.7 Å². The Hall–Kier alpha value is -4.10. The van der Waals surface area contributed by atoms with Gasteiger partial charge in [-0.25, -0.2) is 0 Å². The van der Waals surface area contributed by atoms with Crippen LogP contribution in [-0.4, -0.2) is 59.4 Å². The number of aryl methyl sites for hydroxylation is 1. The van der Waals surface area contributed by atoms with Crippen LogP contribution in [-0.2, 0) is 16.2 Å². The third-order valence-corrected chi connectivity index (χ3v) is 7.45. The molecule has 1 N–H and O–H groups in total. The molecule has 4 rings (SSSR count). The summed E-state index contributed by atoms with van der Waals surface area (Å²) in [6.07, 6.45) is 0.701. The summed E-state index contributed by atoms with van der Waals surface area (Å²) in [5.41, 5.74) is 3.31. The average Bonchev–Trinajstić information content (AvgIpc) is 3.24. The van der Waals surface area contributed by atoms with Crippen molar-refractivity contribution in [2.24, 2.45) is 0 Å². The number of likely N-dealkylation sites (tertiary alicyclic amines) is 1. The van der Waals surface area contributed by atoms with E-state index in [0.717, 1.165) is 30.8 Å². The average molecular weight is 557 g/mol. The quantitative estimate of drug-likeness (QED) is 0.155. The number of amides is 1. The van der Waals surface area contributed by atoms with Crippen molar-refractivity contribution in [1.29, 1.82) is 0 Å². The zero-order valence-corrected chi connectivity index (χ0v) is 24.4. The number of aliphatic hydroxyl groups is 1. The third kappa shape index (κ3) is 6.98. The maximum atomic E-state index is 13.5. The Morgan fingerprint density at radius 3 is 2.27 bits per heavy atom. The van der Waals surface area contributed by atoms with Gasteiger partial charge in [0.15, 0.2) is 11.5 Å². The van der Waals surface area contributed by atoms with Gasteiger partial charge in [0.1, 0.15) is 12.4 Å². The van der Waals surface area contributed by atoms with Gasteiger partial charge in [0, 0.05) is 12.1 Å². The van der Waals surface area contributed by atoms with Crippen LogP contribution in [0.2, 0.25) is 0 Å². The summed E-state index contributed by atoms with van der Waals surface area (Å²) >= 11 is 0. The van der Waals surface area contributed by atoms with E-state index in [4.69, 9.17) is 9.47 Å². The van der Waals surface area contributed by atoms with E-state index in [2.05, 4.69) is 18.7 Å². The minimum atomic E-state index is -0.754. The minimum absolute atomic E-state index is 0.0853. The highest BCUT2D eigenvalue weighted by molar-refractivity contribution is 6.46. The van der Waals surface area contributed by atoms with Crippen molar-refractivity contribution in [3.05, 3.63) is 101 Å². The zero-order valence-electron chi connectivity index (χ0n) is 24.4. The van der Waals surface area contributed by atoms with Gasteiger partial charge in [0.25, 0.3) is 11.7 Å². The van der Waals surface area contributed by atoms with Crippen molar-refractivity contribution in [1.82, 2.24) is 9.80 Å². The van der Waals surface area contributed by atoms with Crippen LogP contribution in [0.5, 0.6) is 11.5 Å². The zero-order chi connectivity index (χ0) is 29.4. The first kappa shape index (κ1) is 29.9. The molecule has 0 aliphatic carbocycles. The first-order valence-corrected chi connectivity index (χ1v) is 14.4. The van der Waals surface area contributed by atoms with Crippen molar-refractivity contribution >= 4 is 17.4 Å². The molecule has 216 valence electrons. The molecule has 0 spiro atoms. The van der Waals surface area contributed by atoms with Crippen LogP contribution in [0.4, 0.5) is 0 Å². The molecule has 0 bridgehead atoms. The van der Waals surface area contributed by atoms with Crippen LogP contribution in [0.1, 0.15) is 55.5 Å². The molecule has 1 unspecified atom stereocenters. The second-order valence-electron chi connectivity index (χ2n) is 10.2. The topological polar surface area (TPSA) is 79.3 Å². The largest absolute Gasteiger partial charge is 0.507 e. The summed E-state index contributed by atoms with van der Waals surface area (Å²) in [5.74, 6) is -0.382. The number of Topliss-reactive ketones (excluding diaryl/α,β-unsaturated/α-hetero) is 1. The Bertz CT molecular complexity index is 1360. The molecule has 1 aliphatic rings. The summed E-state index contributed by atoms with van der Waals surface area (Å²) in [7, 11) is 0. The van der Waals surface area contributed by atoms with E-state index in [1.165, 1.54) is 0 Å². The molecule has 1 atom stereocenters. The molecule has 1 saturated heterocycles. The maximum absolute atomic E-state index is 13.5. The van der Waals surface area contributed by atoms with Gasteiger partial charge >= 0.3 is 0 Å². The fraction of sp³-hybridized carbons (Fsp3) is 0.353.